The first-order valence-electron chi connectivity index (χ1n) is 9.04. The van der Waals surface area contributed by atoms with Crippen LogP contribution in [0.25, 0.3) is 0 Å². The Bertz CT molecular complexity index is 537. The molecule has 0 aromatic rings. The van der Waals surface area contributed by atoms with Crippen LogP contribution in [0.5, 0.6) is 0 Å². The molecule has 11 heteroatoms. The fourth-order valence-electron chi connectivity index (χ4n) is 1.75. The second-order valence-corrected chi connectivity index (χ2v) is 8.61. The Morgan fingerprint density at radius 1 is 1.04 bits per heavy atom. The molecule has 1 unspecified atom stereocenters. The van der Waals surface area contributed by atoms with Gasteiger partial charge in [0.15, 0.2) is 0 Å². The van der Waals surface area contributed by atoms with E-state index in [4.69, 9.17) is 18.5 Å². The molecule has 10 nitrogen and oxygen atoms in total. The minimum atomic E-state index is -4.23. The van der Waals surface area contributed by atoms with Crippen LogP contribution in [-0.4, -0.2) is 68.1 Å². The fourth-order valence-corrected chi connectivity index (χ4v) is 2.51. The zero-order chi connectivity index (χ0) is 21.8. The highest BCUT2D eigenvalue weighted by Gasteiger charge is 2.29. The smallest absolute Gasteiger partial charge is 0.466 e. The lowest BCUT2D eigenvalue weighted by atomic mass is 10.1. The maximum absolute atomic E-state index is 12.2. The van der Waals surface area contributed by atoms with Crippen LogP contribution < -0.4 is 5.32 Å². The molecule has 0 aliphatic rings. The van der Waals surface area contributed by atoms with Crippen LogP contribution in [0, 0.1) is 0 Å². The number of phosphoric acid groups is 1. The molecule has 0 bridgehead atoms. The monoisotopic (exact) mass is 427 g/mol. The van der Waals surface area contributed by atoms with Gasteiger partial charge in [-0.1, -0.05) is 0 Å². The number of amides is 1. The van der Waals surface area contributed by atoms with E-state index in [0.717, 1.165) is 0 Å². The first-order valence-corrected chi connectivity index (χ1v) is 10.5. The summed E-state index contributed by atoms with van der Waals surface area (Å²) in [5.74, 6) is -0.810. The van der Waals surface area contributed by atoms with Crippen molar-refractivity contribution in [2.24, 2.45) is 0 Å². The van der Waals surface area contributed by atoms with Crippen molar-refractivity contribution >= 4 is 19.7 Å². The normalized spacial score (nSPS) is 14.4. The number of phosphoric ester groups is 1. The van der Waals surface area contributed by atoms with Crippen molar-refractivity contribution in [2.45, 2.75) is 58.7 Å². The standard InChI is InChI=1S/C17H34NO9P/c1-14(19)24-10-7-11-26-28(21,22)27-13-9-18-15(20)17(4,5)25-12-8-16(2,3)23-6/h7-13H2,1-6H3,(H,18,20)(H,21,22). The van der Waals surface area contributed by atoms with Gasteiger partial charge in [-0.3, -0.25) is 18.6 Å². The van der Waals surface area contributed by atoms with Crippen molar-refractivity contribution in [1.82, 2.24) is 5.32 Å². The first-order chi connectivity index (χ1) is 12.8. The second-order valence-electron chi connectivity index (χ2n) is 7.16. The molecule has 0 saturated carbocycles. The van der Waals surface area contributed by atoms with Crippen molar-refractivity contribution in [1.29, 1.82) is 0 Å². The molecule has 166 valence electrons. The number of ether oxygens (including phenoxy) is 3. The molecule has 0 aromatic heterocycles. The summed E-state index contributed by atoms with van der Waals surface area (Å²) in [4.78, 5) is 32.3. The van der Waals surface area contributed by atoms with Crippen LogP contribution >= 0.6 is 7.82 Å². The molecule has 0 saturated heterocycles. The molecule has 0 aliphatic carbocycles. The molecule has 0 fully saturated rings. The Morgan fingerprint density at radius 2 is 1.64 bits per heavy atom. The van der Waals surface area contributed by atoms with Gasteiger partial charge in [-0.25, -0.2) is 4.57 Å². The lowest BCUT2D eigenvalue weighted by Gasteiger charge is -2.28. The van der Waals surface area contributed by atoms with Gasteiger partial charge in [0, 0.05) is 27.0 Å². The summed E-state index contributed by atoms with van der Waals surface area (Å²) in [5.41, 5.74) is -1.42. The third kappa shape index (κ3) is 13.2. The highest BCUT2D eigenvalue weighted by atomic mass is 31.2. The predicted octanol–water partition coefficient (Wildman–Crippen LogP) is 1.80. The van der Waals surface area contributed by atoms with Crippen LogP contribution in [0.3, 0.4) is 0 Å². The predicted molar refractivity (Wildman–Crippen MR) is 102 cm³/mol. The molecular formula is C17H34NO9P. The summed E-state index contributed by atoms with van der Waals surface area (Å²) in [5, 5.41) is 2.58. The third-order valence-electron chi connectivity index (χ3n) is 3.76. The van der Waals surface area contributed by atoms with E-state index < -0.39 is 19.4 Å². The van der Waals surface area contributed by atoms with Crippen LogP contribution in [0.2, 0.25) is 0 Å². The number of carbonyl (C=O) groups is 2. The maximum Gasteiger partial charge on any atom is 0.472 e. The summed E-state index contributed by atoms with van der Waals surface area (Å²) in [6, 6.07) is 0. The van der Waals surface area contributed by atoms with Crippen molar-refractivity contribution in [3.8, 4) is 0 Å². The molecule has 0 rings (SSSR count). The molecule has 0 heterocycles. The van der Waals surface area contributed by atoms with Crippen LogP contribution in [-0.2, 0) is 37.4 Å². The topological polar surface area (TPSA) is 130 Å². The first kappa shape index (κ1) is 27.0. The van der Waals surface area contributed by atoms with E-state index in [1.807, 2.05) is 13.8 Å². The Morgan fingerprint density at radius 3 is 2.21 bits per heavy atom. The van der Waals surface area contributed by atoms with Gasteiger partial charge in [-0.05, 0) is 34.1 Å². The van der Waals surface area contributed by atoms with E-state index in [9.17, 15) is 19.0 Å². The van der Waals surface area contributed by atoms with Gasteiger partial charge in [0.2, 0.25) is 0 Å². The minimum absolute atomic E-state index is 0.0105. The highest BCUT2D eigenvalue weighted by molar-refractivity contribution is 7.47. The fraction of sp³-hybridized carbons (Fsp3) is 0.882. The molecule has 28 heavy (non-hydrogen) atoms. The molecule has 1 amide bonds. The number of hydrogen-bond acceptors (Lipinski definition) is 8. The minimum Gasteiger partial charge on any atom is -0.466 e. The Hall–Kier alpha value is -1.03. The molecule has 2 N–H and O–H groups in total. The van der Waals surface area contributed by atoms with Gasteiger partial charge in [0.05, 0.1) is 32.0 Å². The Kier molecular flexibility index (Phi) is 12.1. The molecule has 0 aliphatic heterocycles. The van der Waals surface area contributed by atoms with Crippen molar-refractivity contribution in [3.05, 3.63) is 0 Å². The van der Waals surface area contributed by atoms with Crippen LogP contribution in [0.4, 0.5) is 0 Å². The summed E-state index contributed by atoms with van der Waals surface area (Å²) in [6.45, 7) is 8.49. The quantitative estimate of drug-likeness (QED) is 0.228. The average molecular weight is 427 g/mol. The Labute approximate surface area is 166 Å². The number of rotatable bonds is 15. The highest BCUT2D eigenvalue weighted by Crippen LogP contribution is 2.42. The largest absolute Gasteiger partial charge is 0.472 e. The van der Waals surface area contributed by atoms with E-state index in [1.54, 1.807) is 21.0 Å². The zero-order valence-electron chi connectivity index (χ0n) is 17.6. The van der Waals surface area contributed by atoms with E-state index in [-0.39, 0.29) is 44.3 Å². The summed E-state index contributed by atoms with van der Waals surface area (Å²) in [6.07, 6.45) is 0.876. The van der Waals surface area contributed by atoms with Gasteiger partial charge in [-0.2, -0.15) is 0 Å². The number of esters is 1. The SMILES string of the molecule is COC(C)(C)CCOC(C)(C)C(=O)NCCOP(=O)(O)OCCCOC(C)=O. The number of methoxy groups -OCH3 is 1. The van der Waals surface area contributed by atoms with E-state index in [1.165, 1.54) is 6.92 Å². The van der Waals surface area contributed by atoms with Gasteiger partial charge >= 0.3 is 13.8 Å². The van der Waals surface area contributed by atoms with Crippen molar-refractivity contribution < 1.29 is 42.3 Å². The van der Waals surface area contributed by atoms with Crippen LogP contribution in [0.15, 0.2) is 0 Å². The number of carbonyl (C=O) groups excluding carboxylic acids is 2. The van der Waals surface area contributed by atoms with E-state index >= 15 is 0 Å². The molecule has 0 radical (unpaired) electrons. The zero-order valence-corrected chi connectivity index (χ0v) is 18.5. The third-order valence-corrected chi connectivity index (χ3v) is 4.77. The number of hydrogen-bond donors (Lipinski definition) is 2. The van der Waals surface area contributed by atoms with Gasteiger partial charge in [0.1, 0.15) is 5.60 Å². The average Bonchev–Trinajstić information content (AvgIpc) is 2.57. The second kappa shape index (κ2) is 12.5. The van der Waals surface area contributed by atoms with Crippen molar-refractivity contribution in [2.75, 3.05) is 40.1 Å². The van der Waals surface area contributed by atoms with Crippen molar-refractivity contribution in [3.63, 3.8) is 0 Å². The Balaban J connectivity index is 4.05. The van der Waals surface area contributed by atoms with Gasteiger partial charge in [-0.15, -0.1) is 0 Å². The molecule has 0 spiro atoms. The van der Waals surface area contributed by atoms with Gasteiger partial charge in [0.25, 0.3) is 5.91 Å². The molecule has 1 atom stereocenters. The summed E-state index contributed by atoms with van der Waals surface area (Å²) >= 11 is 0. The summed E-state index contributed by atoms with van der Waals surface area (Å²) in [7, 11) is -2.62. The number of nitrogens with one attached hydrogen (secondary N) is 1. The van der Waals surface area contributed by atoms with E-state index in [0.29, 0.717) is 13.0 Å². The molecular weight excluding hydrogens is 393 g/mol. The van der Waals surface area contributed by atoms with Gasteiger partial charge < -0.3 is 24.4 Å². The van der Waals surface area contributed by atoms with Crippen LogP contribution in [0.1, 0.15) is 47.5 Å². The molecule has 0 aromatic carbocycles. The lowest BCUT2D eigenvalue weighted by Crippen LogP contribution is -2.45. The lowest BCUT2D eigenvalue weighted by molar-refractivity contribution is -0.145. The van der Waals surface area contributed by atoms with E-state index in [2.05, 4.69) is 10.1 Å². The maximum atomic E-state index is 12.2. The summed E-state index contributed by atoms with van der Waals surface area (Å²) < 4.78 is 36.8.